The van der Waals surface area contributed by atoms with Gasteiger partial charge in [0.05, 0.1) is 0 Å². The van der Waals surface area contributed by atoms with E-state index in [1.165, 1.54) is 3.81 Å². The van der Waals surface area contributed by atoms with Crippen molar-refractivity contribution >= 4 is 22.4 Å². The maximum atomic E-state index is 5.51. The van der Waals surface area contributed by atoms with Crippen LogP contribution >= 0.6 is 18.6 Å². The van der Waals surface area contributed by atoms with E-state index in [1.807, 2.05) is 13.8 Å². The summed E-state index contributed by atoms with van der Waals surface area (Å²) in [4.78, 5) is 0. The van der Waals surface area contributed by atoms with Crippen LogP contribution in [0.25, 0.3) is 0 Å². The van der Waals surface area contributed by atoms with Crippen molar-refractivity contribution in [2.75, 3.05) is 0 Å². The summed E-state index contributed by atoms with van der Waals surface area (Å²) in [6, 6.07) is 0. The van der Waals surface area contributed by atoms with Crippen molar-refractivity contribution in [2.45, 2.75) is 13.8 Å². The second-order valence-corrected chi connectivity index (χ2v) is 7.55. The molecule has 6 heavy (non-hydrogen) atoms. The molecule has 0 aliphatic carbocycles. The second kappa shape index (κ2) is 3.20. The Morgan fingerprint density at radius 2 is 1.50 bits per heavy atom. The van der Waals surface area contributed by atoms with Crippen LogP contribution < -0.4 is 0 Å². The van der Waals surface area contributed by atoms with Gasteiger partial charge in [-0.25, -0.2) is 0 Å². The predicted molar refractivity (Wildman–Crippen MR) is 28.1 cm³/mol. The summed E-state index contributed by atoms with van der Waals surface area (Å²) in [5.74, 6) is 0. The molecule has 0 amide bonds. The third kappa shape index (κ3) is 3.36. The van der Waals surface area contributed by atoms with Gasteiger partial charge in [0.25, 0.3) is 0 Å². The van der Waals surface area contributed by atoms with Crippen molar-refractivity contribution in [3.05, 3.63) is 0 Å². The van der Waals surface area contributed by atoms with E-state index in [0.29, 0.717) is 0 Å². The maximum absolute atomic E-state index is 5.51. The molecule has 0 aromatic heterocycles. The van der Waals surface area contributed by atoms with Crippen LogP contribution in [0.2, 0.25) is 0 Å². The Labute approximate surface area is 51.5 Å². The molecule has 0 atom stereocenters. The molecule has 0 unspecified atom stereocenters. The number of hydrogen-bond acceptors (Lipinski definition) is 0. The van der Waals surface area contributed by atoms with E-state index in [-0.39, 0.29) is 0 Å². The van der Waals surface area contributed by atoms with Crippen molar-refractivity contribution in [1.29, 1.82) is 0 Å². The quantitative estimate of drug-likeness (QED) is 0.477. The van der Waals surface area contributed by atoms with Crippen molar-refractivity contribution in [3.8, 4) is 0 Å². The van der Waals surface area contributed by atoms with Gasteiger partial charge in [0.1, 0.15) is 0 Å². The molecule has 3 heteroatoms. The van der Waals surface area contributed by atoms with Crippen LogP contribution in [0.1, 0.15) is 13.8 Å². The van der Waals surface area contributed by atoms with E-state index in [4.69, 9.17) is 18.6 Å². The van der Waals surface area contributed by atoms with Crippen LogP contribution in [0.15, 0.2) is 0 Å². The number of halogens is 2. The topological polar surface area (TPSA) is 0 Å². The average molecular weight is 161 g/mol. The van der Waals surface area contributed by atoms with Gasteiger partial charge in [0.2, 0.25) is 0 Å². The SMILES string of the molecule is C[C](C)=[Ti]([Cl])[Cl]. The molecule has 0 aliphatic heterocycles. The summed E-state index contributed by atoms with van der Waals surface area (Å²) in [6.45, 7) is 3.94. The van der Waals surface area contributed by atoms with Gasteiger partial charge in [-0.05, 0) is 0 Å². The predicted octanol–water partition coefficient (Wildman–Crippen LogP) is 2.12. The molecule has 0 aromatic carbocycles. The van der Waals surface area contributed by atoms with Crippen molar-refractivity contribution in [2.24, 2.45) is 0 Å². The standard InChI is InChI=1S/C3H6.2ClH.Ti/c1-3-2;;;/h1-2H3;2*1H;/q;;;+2/p-2. The van der Waals surface area contributed by atoms with Crippen LogP contribution in [0.5, 0.6) is 0 Å². The van der Waals surface area contributed by atoms with Crippen LogP contribution in [-0.4, -0.2) is 3.81 Å². The molecule has 0 radical (unpaired) electrons. The molecule has 0 heterocycles. The van der Waals surface area contributed by atoms with Crippen molar-refractivity contribution in [3.63, 3.8) is 0 Å². The molecule has 36 valence electrons. The first-order valence-corrected chi connectivity index (χ1v) is 6.71. The Morgan fingerprint density at radius 1 is 1.33 bits per heavy atom. The molecular weight excluding hydrogens is 155 g/mol. The molecule has 0 N–H and O–H groups in total. The molecule has 0 rings (SSSR count). The van der Waals surface area contributed by atoms with Crippen LogP contribution in [0, 0.1) is 0 Å². The first-order valence-electron chi connectivity index (χ1n) is 1.63. The summed E-state index contributed by atoms with van der Waals surface area (Å²) in [5, 5.41) is 0. The number of hydrogen-bond donors (Lipinski definition) is 0. The Morgan fingerprint density at radius 3 is 1.50 bits per heavy atom. The fourth-order valence-corrected chi connectivity index (χ4v) is 0. The van der Waals surface area contributed by atoms with E-state index < -0.39 is 15.3 Å². The Kier molecular flexibility index (Phi) is 3.82. The molecule has 0 saturated heterocycles. The van der Waals surface area contributed by atoms with Gasteiger partial charge in [-0.15, -0.1) is 0 Å². The molecule has 0 nitrogen and oxygen atoms in total. The summed E-state index contributed by atoms with van der Waals surface area (Å²) in [6.07, 6.45) is 0. The van der Waals surface area contributed by atoms with Crippen LogP contribution in [0.4, 0.5) is 0 Å². The minimum atomic E-state index is -1.60. The zero-order valence-corrected chi connectivity index (χ0v) is 6.83. The summed E-state index contributed by atoms with van der Waals surface area (Å²) in [5.41, 5.74) is 0. The van der Waals surface area contributed by atoms with Crippen LogP contribution in [0.3, 0.4) is 0 Å². The Bertz CT molecular complexity index is 58.9. The molecule has 0 fully saturated rings. The second-order valence-electron chi connectivity index (χ2n) is 1.26. The first kappa shape index (κ1) is 7.16. The fourth-order valence-electron chi connectivity index (χ4n) is 0. The van der Waals surface area contributed by atoms with E-state index in [0.717, 1.165) is 0 Å². The molecule has 0 spiro atoms. The van der Waals surface area contributed by atoms with Crippen LogP contribution in [-0.2, 0) is 15.3 Å². The minimum absolute atomic E-state index is 1.21. The zero-order valence-electron chi connectivity index (χ0n) is 3.76. The zero-order chi connectivity index (χ0) is 5.15. The summed E-state index contributed by atoms with van der Waals surface area (Å²) < 4.78 is 1.21. The van der Waals surface area contributed by atoms with Gasteiger partial charge in [-0.2, -0.15) is 0 Å². The Balaban J connectivity index is 3.68. The van der Waals surface area contributed by atoms with Gasteiger partial charge in [-0.1, -0.05) is 0 Å². The molecule has 0 aliphatic rings. The average Bonchev–Trinajstić information content (AvgIpc) is 1.36. The van der Waals surface area contributed by atoms with E-state index in [2.05, 4.69) is 0 Å². The van der Waals surface area contributed by atoms with Gasteiger partial charge in [0.15, 0.2) is 0 Å². The number of rotatable bonds is 0. The summed E-state index contributed by atoms with van der Waals surface area (Å²) in [7, 11) is 11.0. The first-order chi connectivity index (χ1) is 2.64. The van der Waals surface area contributed by atoms with Gasteiger partial charge in [-0.3, -0.25) is 0 Å². The van der Waals surface area contributed by atoms with E-state index in [1.54, 1.807) is 0 Å². The molecule has 0 aromatic rings. The summed E-state index contributed by atoms with van der Waals surface area (Å²) >= 11 is -1.60. The Hall–Kier alpha value is 1.16. The van der Waals surface area contributed by atoms with Gasteiger partial charge in [0, 0.05) is 0 Å². The molecular formula is C3H6Cl2Ti. The van der Waals surface area contributed by atoms with Crippen molar-refractivity contribution in [1.82, 2.24) is 0 Å². The monoisotopic (exact) mass is 160 g/mol. The van der Waals surface area contributed by atoms with Gasteiger partial charge >= 0.3 is 51.6 Å². The van der Waals surface area contributed by atoms with E-state index >= 15 is 0 Å². The van der Waals surface area contributed by atoms with Gasteiger partial charge < -0.3 is 0 Å². The normalized spacial score (nSPS) is 8.00. The fraction of sp³-hybridized carbons (Fsp3) is 0.667. The van der Waals surface area contributed by atoms with E-state index in [9.17, 15) is 0 Å². The third-order valence-electron chi connectivity index (χ3n) is 0.378. The third-order valence-corrected chi connectivity index (χ3v) is 4.68. The molecule has 0 bridgehead atoms. The molecule has 0 saturated carbocycles. The van der Waals surface area contributed by atoms with Crippen molar-refractivity contribution < 1.29 is 15.3 Å².